The monoisotopic (exact) mass is 240 g/mol. The first kappa shape index (κ1) is 13.3. The van der Waals surface area contributed by atoms with Crippen molar-refractivity contribution in [2.45, 2.75) is 44.2 Å². The van der Waals surface area contributed by atoms with Crippen LogP contribution in [-0.4, -0.2) is 55.6 Å². The van der Waals surface area contributed by atoms with Crippen LogP contribution < -0.4 is 11.3 Å². The van der Waals surface area contributed by atoms with E-state index >= 15 is 0 Å². The topological polar surface area (TPSA) is 44.5 Å². The van der Waals surface area contributed by atoms with Gasteiger partial charge in [-0.15, -0.1) is 0 Å². The molecule has 3 N–H and O–H groups in total. The molecule has 2 fully saturated rings. The molecule has 2 rings (SSSR count). The van der Waals surface area contributed by atoms with E-state index in [1.807, 2.05) is 0 Å². The van der Waals surface area contributed by atoms with Crippen molar-refractivity contribution in [3.05, 3.63) is 0 Å². The van der Waals surface area contributed by atoms with Crippen LogP contribution in [0.25, 0.3) is 0 Å². The highest BCUT2D eigenvalue weighted by atomic mass is 15.3. The second-order valence-corrected chi connectivity index (χ2v) is 5.96. The van der Waals surface area contributed by atoms with Crippen molar-refractivity contribution in [3.63, 3.8) is 0 Å². The lowest BCUT2D eigenvalue weighted by Crippen LogP contribution is -2.54. The average Bonchev–Trinajstić information content (AvgIpc) is 3.11. The van der Waals surface area contributed by atoms with Gasteiger partial charge in [0.1, 0.15) is 0 Å². The van der Waals surface area contributed by atoms with Crippen LogP contribution in [0.5, 0.6) is 0 Å². The molecule has 2 aliphatic rings. The molecule has 0 aromatic rings. The molecule has 1 heterocycles. The van der Waals surface area contributed by atoms with Crippen LogP contribution in [0.15, 0.2) is 0 Å². The van der Waals surface area contributed by atoms with E-state index in [0.717, 1.165) is 12.5 Å². The number of nitrogens with two attached hydrogens (primary N) is 1. The second-order valence-electron chi connectivity index (χ2n) is 5.96. The number of hydrogen-bond donors (Lipinski definition) is 2. The number of hydrazine groups is 1. The third-order valence-electron chi connectivity index (χ3n) is 4.38. The zero-order valence-corrected chi connectivity index (χ0v) is 11.4. The Hall–Kier alpha value is -0.160. The Kier molecular flexibility index (Phi) is 4.79. The molecule has 17 heavy (non-hydrogen) atoms. The number of nitrogens with zero attached hydrogens (tertiary/aromatic N) is 2. The van der Waals surface area contributed by atoms with Crippen molar-refractivity contribution < 1.29 is 0 Å². The zero-order valence-electron chi connectivity index (χ0n) is 11.4. The van der Waals surface area contributed by atoms with Gasteiger partial charge in [0.2, 0.25) is 0 Å². The minimum Gasteiger partial charge on any atom is -0.305 e. The summed E-state index contributed by atoms with van der Waals surface area (Å²) in [7, 11) is 4.46. The van der Waals surface area contributed by atoms with Crippen LogP contribution in [0.2, 0.25) is 0 Å². The minimum atomic E-state index is 0.446. The molecule has 1 saturated carbocycles. The highest BCUT2D eigenvalue weighted by molar-refractivity contribution is 4.88. The summed E-state index contributed by atoms with van der Waals surface area (Å²) in [6, 6.07) is 1.01. The van der Waals surface area contributed by atoms with Crippen LogP contribution in [0.3, 0.4) is 0 Å². The van der Waals surface area contributed by atoms with Gasteiger partial charge in [0.25, 0.3) is 0 Å². The molecular weight excluding hydrogens is 212 g/mol. The molecule has 1 aliphatic carbocycles. The van der Waals surface area contributed by atoms with Crippen LogP contribution in [0.1, 0.15) is 32.1 Å². The highest BCUT2D eigenvalue weighted by Crippen LogP contribution is 2.34. The Morgan fingerprint density at radius 3 is 2.71 bits per heavy atom. The zero-order chi connectivity index (χ0) is 12.3. The third kappa shape index (κ3) is 3.91. The fraction of sp³-hybridized carbons (Fsp3) is 1.00. The Morgan fingerprint density at radius 1 is 1.29 bits per heavy atom. The van der Waals surface area contributed by atoms with Gasteiger partial charge in [-0.05, 0) is 52.4 Å². The fourth-order valence-corrected chi connectivity index (χ4v) is 2.95. The molecule has 0 spiro atoms. The lowest BCUT2D eigenvalue weighted by molar-refractivity contribution is 0.170. The van der Waals surface area contributed by atoms with Crippen molar-refractivity contribution in [1.82, 2.24) is 15.2 Å². The van der Waals surface area contributed by atoms with Crippen LogP contribution in [0.4, 0.5) is 0 Å². The van der Waals surface area contributed by atoms with E-state index in [1.54, 1.807) is 0 Å². The van der Waals surface area contributed by atoms with E-state index in [2.05, 4.69) is 29.3 Å². The van der Waals surface area contributed by atoms with Gasteiger partial charge in [-0.3, -0.25) is 11.3 Å². The van der Waals surface area contributed by atoms with Crippen LogP contribution in [0, 0.1) is 5.92 Å². The molecule has 0 aromatic heterocycles. The molecule has 1 saturated heterocycles. The number of likely N-dealkylation sites (N-methyl/N-ethyl adjacent to an activating group) is 2. The van der Waals surface area contributed by atoms with Gasteiger partial charge in [0.15, 0.2) is 0 Å². The second kappa shape index (κ2) is 6.14. The molecule has 0 aromatic carbocycles. The normalized spacial score (nSPS) is 30.2. The Morgan fingerprint density at radius 2 is 2.06 bits per heavy atom. The molecule has 0 radical (unpaired) electrons. The SMILES string of the molecule is CN1CCCN(C)C(C(CCC2CC2)NN)C1. The average molecular weight is 240 g/mol. The summed E-state index contributed by atoms with van der Waals surface area (Å²) < 4.78 is 0. The number of rotatable bonds is 5. The first-order valence-electron chi connectivity index (χ1n) is 7.05. The summed E-state index contributed by atoms with van der Waals surface area (Å²) in [6.45, 7) is 3.54. The van der Waals surface area contributed by atoms with Gasteiger partial charge in [-0.25, -0.2) is 0 Å². The Bertz CT molecular complexity index is 229. The lowest BCUT2D eigenvalue weighted by Gasteiger charge is -2.34. The Balaban J connectivity index is 1.88. The molecule has 100 valence electrons. The summed E-state index contributed by atoms with van der Waals surface area (Å²) in [6.07, 6.45) is 6.73. The van der Waals surface area contributed by atoms with Gasteiger partial charge >= 0.3 is 0 Å². The van der Waals surface area contributed by atoms with Gasteiger partial charge < -0.3 is 9.80 Å². The first-order valence-corrected chi connectivity index (χ1v) is 7.05. The molecule has 2 atom stereocenters. The van der Waals surface area contributed by atoms with E-state index < -0.39 is 0 Å². The quantitative estimate of drug-likeness (QED) is 0.547. The standard InChI is InChI=1S/C13H28N4/c1-16-8-3-9-17(2)13(10-16)12(15-14)7-6-11-4-5-11/h11-13,15H,3-10,14H2,1-2H3. The molecule has 2 unspecified atom stereocenters. The minimum absolute atomic E-state index is 0.446. The maximum Gasteiger partial charge on any atom is 0.0386 e. The summed E-state index contributed by atoms with van der Waals surface area (Å²) in [5, 5.41) is 0. The van der Waals surface area contributed by atoms with Crippen molar-refractivity contribution in [1.29, 1.82) is 0 Å². The lowest BCUT2D eigenvalue weighted by atomic mass is 10.0. The molecule has 4 nitrogen and oxygen atoms in total. The highest BCUT2D eigenvalue weighted by Gasteiger charge is 2.29. The summed E-state index contributed by atoms with van der Waals surface area (Å²) in [5.74, 6) is 6.77. The smallest absolute Gasteiger partial charge is 0.0386 e. The van der Waals surface area contributed by atoms with Crippen LogP contribution in [-0.2, 0) is 0 Å². The van der Waals surface area contributed by atoms with Crippen molar-refractivity contribution in [2.24, 2.45) is 11.8 Å². The molecule has 1 aliphatic heterocycles. The van der Waals surface area contributed by atoms with E-state index in [-0.39, 0.29) is 0 Å². The van der Waals surface area contributed by atoms with E-state index in [4.69, 9.17) is 5.84 Å². The van der Waals surface area contributed by atoms with E-state index in [9.17, 15) is 0 Å². The first-order chi connectivity index (χ1) is 8.20. The Labute approximate surface area is 105 Å². The van der Waals surface area contributed by atoms with Crippen molar-refractivity contribution in [2.75, 3.05) is 33.7 Å². The van der Waals surface area contributed by atoms with E-state index in [1.165, 1.54) is 45.2 Å². The number of hydrogen-bond acceptors (Lipinski definition) is 4. The van der Waals surface area contributed by atoms with E-state index in [0.29, 0.717) is 12.1 Å². The molecule has 0 amide bonds. The van der Waals surface area contributed by atoms with Crippen molar-refractivity contribution in [3.8, 4) is 0 Å². The van der Waals surface area contributed by atoms with Gasteiger partial charge in [-0.1, -0.05) is 12.8 Å². The predicted octanol–water partition coefficient (Wildman–Crippen LogP) is 0.644. The molecule has 4 heteroatoms. The van der Waals surface area contributed by atoms with Gasteiger partial charge in [0, 0.05) is 18.6 Å². The predicted molar refractivity (Wildman–Crippen MR) is 71.6 cm³/mol. The third-order valence-corrected chi connectivity index (χ3v) is 4.38. The summed E-state index contributed by atoms with van der Waals surface area (Å²) >= 11 is 0. The van der Waals surface area contributed by atoms with Crippen LogP contribution >= 0.6 is 0 Å². The summed E-state index contributed by atoms with van der Waals surface area (Å²) in [5.41, 5.74) is 3.07. The van der Waals surface area contributed by atoms with Gasteiger partial charge in [0.05, 0.1) is 0 Å². The van der Waals surface area contributed by atoms with Crippen molar-refractivity contribution >= 4 is 0 Å². The van der Waals surface area contributed by atoms with Gasteiger partial charge in [-0.2, -0.15) is 0 Å². The maximum atomic E-state index is 5.77. The molecular formula is C13H28N4. The summed E-state index contributed by atoms with van der Waals surface area (Å²) in [4.78, 5) is 4.93. The maximum absolute atomic E-state index is 5.77. The molecule has 0 bridgehead atoms. The number of nitrogens with one attached hydrogen (secondary N) is 1. The fourth-order valence-electron chi connectivity index (χ4n) is 2.95. The largest absolute Gasteiger partial charge is 0.305 e.